The van der Waals surface area contributed by atoms with Crippen LogP contribution in [0.25, 0.3) is 0 Å². The zero-order chi connectivity index (χ0) is 16.2. The first kappa shape index (κ1) is 16.2. The number of hydrogen-bond donors (Lipinski definition) is 0. The molecule has 2 aliphatic rings. The predicted molar refractivity (Wildman–Crippen MR) is 87.3 cm³/mol. The number of rotatable bonds is 4. The number of halogens is 1. The molecular weight excluding hydrogens is 295 g/mol. The van der Waals surface area contributed by atoms with E-state index < -0.39 is 5.82 Å². The van der Waals surface area contributed by atoms with Crippen molar-refractivity contribution < 1.29 is 13.9 Å². The molecule has 0 N–H and O–H groups in total. The van der Waals surface area contributed by atoms with Crippen LogP contribution in [0.15, 0.2) is 18.2 Å². The standard InChI is InChI=1S/C18H25FN2O2/c1-23-15-5-6-16(17(19)11-15)18(22)21-10-7-14(13-21)12-20-8-3-2-4-9-20/h5-6,11,14H,2-4,7-10,12-13H2,1H3/t14-/m0/s1. The molecule has 0 radical (unpaired) electrons. The Kier molecular flexibility index (Phi) is 5.16. The molecule has 0 saturated carbocycles. The molecule has 5 heteroatoms. The second kappa shape index (κ2) is 7.30. The fourth-order valence-corrected chi connectivity index (χ4v) is 3.64. The average molecular weight is 320 g/mol. The first-order valence-electron chi connectivity index (χ1n) is 8.52. The topological polar surface area (TPSA) is 32.8 Å². The predicted octanol–water partition coefficient (Wildman–Crippen LogP) is 2.78. The number of piperidine rings is 1. The van der Waals surface area contributed by atoms with Gasteiger partial charge in [-0.25, -0.2) is 4.39 Å². The van der Waals surface area contributed by atoms with Gasteiger partial charge in [-0.15, -0.1) is 0 Å². The highest BCUT2D eigenvalue weighted by atomic mass is 19.1. The highest BCUT2D eigenvalue weighted by Crippen LogP contribution is 2.23. The Bertz CT molecular complexity index is 558. The molecule has 3 rings (SSSR count). The molecule has 2 saturated heterocycles. The smallest absolute Gasteiger partial charge is 0.256 e. The fourth-order valence-electron chi connectivity index (χ4n) is 3.64. The SMILES string of the molecule is COc1ccc(C(=O)N2CC[C@@H](CN3CCCCC3)C2)c(F)c1. The van der Waals surface area contributed by atoms with Crippen molar-refractivity contribution in [2.45, 2.75) is 25.7 Å². The minimum absolute atomic E-state index is 0.143. The lowest BCUT2D eigenvalue weighted by molar-refractivity contribution is 0.0777. The van der Waals surface area contributed by atoms with Crippen LogP contribution >= 0.6 is 0 Å². The van der Waals surface area contributed by atoms with Gasteiger partial charge in [0.1, 0.15) is 11.6 Å². The van der Waals surface area contributed by atoms with E-state index in [9.17, 15) is 9.18 Å². The molecule has 0 unspecified atom stereocenters. The summed E-state index contributed by atoms with van der Waals surface area (Å²) in [6.07, 6.45) is 4.92. The third-order valence-corrected chi connectivity index (χ3v) is 4.94. The number of methoxy groups -OCH3 is 1. The molecule has 0 bridgehead atoms. The third-order valence-electron chi connectivity index (χ3n) is 4.94. The van der Waals surface area contributed by atoms with Crippen LogP contribution in [-0.2, 0) is 0 Å². The maximum atomic E-state index is 14.1. The van der Waals surface area contributed by atoms with E-state index in [1.165, 1.54) is 51.6 Å². The molecular formula is C18H25FN2O2. The van der Waals surface area contributed by atoms with Gasteiger partial charge in [0.05, 0.1) is 12.7 Å². The molecule has 0 aliphatic carbocycles. The Balaban J connectivity index is 1.58. The van der Waals surface area contributed by atoms with Crippen LogP contribution in [0.1, 0.15) is 36.0 Å². The molecule has 1 atom stereocenters. The molecule has 2 fully saturated rings. The Morgan fingerprint density at radius 3 is 2.74 bits per heavy atom. The summed E-state index contributed by atoms with van der Waals surface area (Å²) in [5.41, 5.74) is 0.143. The van der Waals surface area contributed by atoms with Gasteiger partial charge in [0.15, 0.2) is 0 Å². The lowest BCUT2D eigenvalue weighted by Gasteiger charge is -2.29. The van der Waals surface area contributed by atoms with Crippen LogP contribution in [-0.4, -0.2) is 55.5 Å². The van der Waals surface area contributed by atoms with Gasteiger partial charge in [0.2, 0.25) is 0 Å². The van der Waals surface area contributed by atoms with Gasteiger partial charge in [0, 0.05) is 25.7 Å². The van der Waals surface area contributed by atoms with Crippen LogP contribution in [0, 0.1) is 11.7 Å². The summed E-state index contributed by atoms with van der Waals surface area (Å²) in [6, 6.07) is 4.43. The van der Waals surface area contributed by atoms with Crippen molar-refractivity contribution in [1.29, 1.82) is 0 Å². The Morgan fingerprint density at radius 2 is 2.04 bits per heavy atom. The first-order valence-corrected chi connectivity index (χ1v) is 8.52. The largest absolute Gasteiger partial charge is 0.497 e. The van der Waals surface area contributed by atoms with E-state index in [0.717, 1.165) is 26.1 Å². The van der Waals surface area contributed by atoms with Gasteiger partial charge in [-0.05, 0) is 50.4 Å². The normalized spacial score (nSPS) is 22.3. The highest BCUT2D eigenvalue weighted by molar-refractivity contribution is 5.94. The molecule has 2 aliphatic heterocycles. The van der Waals surface area contributed by atoms with Crippen LogP contribution in [0.3, 0.4) is 0 Å². The van der Waals surface area contributed by atoms with Crippen molar-refractivity contribution >= 4 is 5.91 Å². The second-order valence-electron chi connectivity index (χ2n) is 6.61. The van der Waals surface area contributed by atoms with E-state index in [4.69, 9.17) is 4.74 Å². The van der Waals surface area contributed by atoms with Crippen LogP contribution in [0.5, 0.6) is 5.75 Å². The molecule has 4 nitrogen and oxygen atoms in total. The Morgan fingerprint density at radius 1 is 1.26 bits per heavy atom. The van der Waals surface area contributed by atoms with Crippen molar-refractivity contribution in [3.8, 4) is 5.75 Å². The fraction of sp³-hybridized carbons (Fsp3) is 0.611. The molecule has 0 spiro atoms. The van der Waals surface area contributed by atoms with Gasteiger partial charge in [-0.1, -0.05) is 6.42 Å². The minimum atomic E-state index is -0.506. The third kappa shape index (κ3) is 3.83. The summed E-state index contributed by atoms with van der Waals surface area (Å²) in [5.74, 6) is 0.238. The van der Waals surface area contributed by atoms with Gasteiger partial charge in [0.25, 0.3) is 5.91 Å². The van der Waals surface area contributed by atoms with Crippen molar-refractivity contribution in [1.82, 2.24) is 9.80 Å². The van der Waals surface area contributed by atoms with Crippen molar-refractivity contribution in [2.75, 3.05) is 39.8 Å². The zero-order valence-corrected chi connectivity index (χ0v) is 13.8. The molecule has 23 heavy (non-hydrogen) atoms. The molecule has 1 amide bonds. The number of nitrogens with zero attached hydrogens (tertiary/aromatic N) is 2. The molecule has 1 aromatic rings. The zero-order valence-electron chi connectivity index (χ0n) is 13.8. The van der Waals surface area contributed by atoms with E-state index in [-0.39, 0.29) is 11.5 Å². The monoisotopic (exact) mass is 320 g/mol. The van der Waals surface area contributed by atoms with Crippen LogP contribution < -0.4 is 4.74 Å². The van der Waals surface area contributed by atoms with Crippen LogP contribution in [0.4, 0.5) is 4.39 Å². The quantitative estimate of drug-likeness (QED) is 0.855. The summed E-state index contributed by atoms with van der Waals surface area (Å²) in [6.45, 7) is 4.88. The number of hydrogen-bond acceptors (Lipinski definition) is 3. The maximum Gasteiger partial charge on any atom is 0.256 e. The average Bonchev–Trinajstić information content (AvgIpc) is 3.03. The molecule has 126 valence electrons. The van der Waals surface area contributed by atoms with Gasteiger partial charge in [-0.2, -0.15) is 0 Å². The Hall–Kier alpha value is -1.62. The Labute approximate surface area is 137 Å². The number of ether oxygens (including phenoxy) is 1. The van der Waals surface area contributed by atoms with E-state index >= 15 is 0 Å². The van der Waals surface area contributed by atoms with E-state index in [2.05, 4.69) is 4.90 Å². The molecule has 1 aromatic carbocycles. The number of carbonyl (C=O) groups is 1. The number of carbonyl (C=O) groups excluding carboxylic acids is 1. The summed E-state index contributed by atoms with van der Waals surface area (Å²) in [7, 11) is 1.49. The molecule has 2 heterocycles. The number of amides is 1. The lowest BCUT2D eigenvalue weighted by Crippen LogP contribution is -2.36. The summed E-state index contributed by atoms with van der Waals surface area (Å²) in [5, 5.41) is 0. The van der Waals surface area contributed by atoms with Crippen molar-refractivity contribution in [2.24, 2.45) is 5.92 Å². The van der Waals surface area contributed by atoms with E-state index in [0.29, 0.717) is 11.7 Å². The van der Waals surface area contributed by atoms with Crippen molar-refractivity contribution in [3.05, 3.63) is 29.6 Å². The number of likely N-dealkylation sites (tertiary alicyclic amines) is 2. The lowest BCUT2D eigenvalue weighted by atomic mass is 10.1. The van der Waals surface area contributed by atoms with E-state index in [1.807, 2.05) is 0 Å². The van der Waals surface area contributed by atoms with Crippen molar-refractivity contribution in [3.63, 3.8) is 0 Å². The first-order chi connectivity index (χ1) is 11.2. The summed E-state index contributed by atoms with van der Waals surface area (Å²) in [4.78, 5) is 16.8. The highest BCUT2D eigenvalue weighted by Gasteiger charge is 2.29. The van der Waals surface area contributed by atoms with Gasteiger partial charge < -0.3 is 14.5 Å². The maximum absolute atomic E-state index is 14.1. The van der Waals surface area contributed by atoms with Gasteiger partial charge in [-0.3, -0.25) is 4.79 Å². The molecule has 0 aromatic heterocycles. The number of benzene rings is 1. The summed E-state index contributed by atoms with van der Waals surface area (Å²) >= 11 is 0. The minimum Gasteiger partial charge on any atom is -0.497 e. The summed E-state index contributed by atoms with van der Waals surface area (Å²) < 4.78 is 19.1. The van der Waals surface area contributed by atoms with Gasteiger partial charge >= 0.3 is 0 Å². The van der Waals surface area contributed by atoms with E-state index in [1.54, 1.807) is 11.0 Å². The van der Waals surface area contributed by atoms with Crippen LogP contribution in [0.2, 0.25) is 0 Å². The second-order valence-corrected chi connectivity index (χ2v) is 6.61.